The standard InChI is InChI=1S/C10H9BrO/c1-12-10-3-2-7-4-9(11)5-8(7)6-10/h2-4,6H,5H2,1H3. The first kappa shape index (κ1) is 7.87. The molecule has 0 saturated carbocycles. The summed E-state index contributed by atoms with van der Waals surface area (Å²) in [7, 11) is 1.69. The lowest BCUT2D eigenvalue weighted by atomic mass is 10.1. The van der Waals surface area contributed by atoms with Crippen molar-refractivity contribution in [1.29, 1.82) is 0 Å². The molecule has 1 nitrogen and oxygen atoms in total. The van der Waals surface area contributed by atoms with Gasteiger partial charge in [-0.25, -0.2) is 0 Å². The lowest BCUT2D eigenvalue weighted by Crippen LogP contribution is -1.86. The summed E-state index contributed by atoms with van der Waals surface area (Å²) in [5.74, 6) is 0.935. The van der Waals surface area contributed by atoms with Gasteiger partial charge >= 0.3 is 0 Å². The lowest BCUT2D eigenvalue weighted by Gasteiger charge is -2.02. The van der Waals surface area contributed by atoms with Gasteiger partial charge in [-0.3, -0.25) is 0 Å². The Morgan fingerprint density at radius 1 is 1.42 bits per heavy atom. The molecule has 0 amide bonds. The predicted molar refractivity (Wildman–Crippen MR) is 53.6 cm³/mol. The molecule has 0 N–H and O–H groups in total. The molecule has 0 aliphatic heterocycles. The van der Waals surface area contributed by atoms with E-state index in [0.717, 1.165) is 12.2 Å². The van der Waals surface area contributed by atoms with E-state index in [4.69, 9.17) is 4.74 Å². The maximum absolute atomic E-state index is 5.14. The minimum atomic E-state index is 0.935. The number of hydrogen-bond acceptors (Lipinski definition) is 1. The van der Waals surface area contributed by atoms with Crippen molar-refractivity contribution in [3.8, 4) is 5.75 Å². The number of allylic oxidation sites excluding steroid dienone is 1. The highest BCUT2D eigenvalue weighted by Crippen LogP contribution is 2.30. The van der Waals surface area contributed by atoms with Crippen molar-refractivity contribution in [2.45, 2.75) is 6.42 Å². The molecule has 0 bridgehead atoms. The van der Waals surface area contributed by atoms with Crippen LogP contribution in [0.15, 0.2) is 22.7 Å². The van der Waals surface area contributed by atoms with Gasteiger partial charge in [0.25, 0.3) is 0 Å². The Kier molecular flexibility index (Phi) is 1.93. The molecule has 1 aromatic rings. The van der Waals surface area contributed by atoms with E-state index < -0.39 is 0 Å². The normalized spacial score (nSPS) is 14.0. The molecular formula is C10H9BrO. The van der Waals surface area contributed by atoms with Crippen molar-refractivity contribution >= 4 is 22.0 Å². The molecule has 62 valence electrons. The fourth-order valence-corrected chi connectivity index (χ4v) is 1.95. The van der Waals surface area contributed by atoms with Gasteiger partial charge in [-0.1, -0.05) is 22.0 Å². The van der Waals surface area contributed by atoms with Crippen LogP contribution >= 0.6 is 15.9 Å². The first-order chi connectivity index (χ1) is 5.79. The first-order valence-corrected chi connectivity index (χ1v) is 4.62. The quantitative estimate of drug-likeness (QED) is 0.713. The van der Waals surface area contributed by atoms with Crippen LogP contribution in [0.2, 0.25) is 0 Å². The molecule has 2 heteroatoms. The monoisotopic (exact) mass is 224 g/mol. The van der Waals surface area contributed by atoms with E-state index in [2.05, 4.69) is 34.1 Å². The Morgan fingerprint density at radius 3 is 3.00 bits per heavy atom. The average molecular weight is 225 g/mol. The predicted octanol–water partition coefficient (Wildman–Crippen LogP) is 2.99. The van der Waals surface area contributed by atoms with E-state index >= 15 is 0 Å². The van der Waals surface area contributed by atoms with E-state index in [1.165, 1.54) is 15.6 Å². The molecule has 0 fully saturated rings. The summed E-state index contributed by atoms with van der Waals surface area (Å²) in [6.45, 7) is 0. The molecule has 0 heterocycles. The SMILES string of the molecule is COc1ccc2c(c1)CC(Br)=C2. The van der Waals surface area contributed by atoms with Gasteiger partial charge in [-0.05, 0) is 29.3 Å². The smallest absolute Gasteiger partial charge is 0.119 e. The number of rotatable bonds is 1. The summed E-state index contributed by atoms with van der Waals surface area (Å²) in [5, 5.41) is 0. The van der Waals surface area contributed by atoms with Crippen LogP contribution < -0.4 is 4.74 Å². The topological polar surface area (TPSA) is 9.23 Å². The van der Waals surface area contributed by atoms with Crippen molar-refractivity contribution in [3.05, 3.63) is 33.8 Å². The Balaban J connectivity index is 2.42. The van der Waals surface area contributed by atoms with Crippen molar-refractivity contribution in [1.82, 2.24) is 0 Å². The van der Waals surface area contributed by atoms with Gasteiger partial charge in [0.15, 0.2) is 0 Å². The largest absolute Gasteiger partial charge is 0.497 e. The second-order valence-corrected chi connectivity index (χ2v) is 3.85. The Bertz CT molecular complexity index is 342. The van der Waals surface area contributed by atoms with Crippen LogP contribution in [0.5, 0.6) is 5.75 Å². The summed E-state index contributed by atoms with van der Waals surface area (Å²) >= 11 is 3.49. The van der Waals surface area contributed by atoms with E-state index in [0.29, 0.717) is 0 Å². The lowest BCUT2D eigenvalue weighted by molar-refractivity contribution is 0.414. The molecular weight excluding hydrogens is 216 g/mol. The molecule has 2 rings (SSSR count). The van der Waals surface area contributed by atoms with Gasteiger partial charge in [0.2, 0.25) is 0 Å². The third-order valence-electron chi connectivity index (χ3n) is 2.02. The molecule has 0 saturated heterocycles. The van der Waals surface area contributed by atoms with Gasteiger partial charge in [-0.2, -0.15) is 0 Å². The molecule has 0 aromatic heterocycles. The number of fused-ring (bicyclic) bond motifs is 1. The fourth-order valence-electron chi connectivity index (χ4n) is 1.40. The minimum Gasteiger partial charge on any atom is -0.497 e. The maximum Gasteiger partial charge on any atom is 0.119 e. The van der Waals surface area contributed by atoms with Crippen molar-refractivity contribution in [3.63, 3.8) is 0 Å². The summed E-state index contributed by atoms with van der Waals surface area (Å²) in [6, 6.07) is 6.16. The zero-order chi connectivity index (χ0) is 8.55. The molecule has 0 spiro atoms. The molecule has 0 atom stereocenters. The molecule has 0 unspecified atom stereocenters. The zero-order valence-electron chi connectivity index (χ0n) is 6.80. The molecule has 1 aliphatic rings. The Hall–Kier alpha value is -0.760. The summed E-state index contributed by atoms with van der Waals surface area (Å²) in [5.41, 5.74) is 2.63. The van der Waals surface area contributed by atoms with Crippen LogP contribution in [0, 0.1) is 0 Å². The average Bonchev–Trinajstić information content (AvgIpc) is 2.43. The van der Waals surface area contributed by atoms with Gasteiger partial charge in [0, 0.05) is 10.9 Å². The van der Waals surface area contributed by atoms with E-state index in [-0.39, 0.29) is 0 Å². The first-order valence-electron chi connectivity index (χ1n) is 3.82. The van der Waals surface area contributed by atoms with Crippen LogP contribution in [-0.2, 0) is 6.42 Å². The zero-order valence-corrected chi connectivity index (χ0v) is 8.39. The number of benzene rings is 1. The number of halogens is 1. The van der Waals surface area contributed by atoms with Crippen LogP contribution in [-0.4, -0.2) is 7.11 Å². The second-order valence-electron chi connectivity index (χ2n) is 2.83. The van der Waals surface area contributed by atoms with Crippen LogP contribution in [0.4, 0.5) is 0 Å². The molecule has 1 aromatic carbocycles. The van der Waals surface area contributed by atoms with E-state index in [9.17, 15) is 0 Å². The highest BCUT2D eigenvalue weighted by atomic mass is 79.9. The Morgan fingerprint density at radius 2 is 2.25 bits per heavy atom. The third-order valence-corrected chi connectivity index (χ3v) is 2.53. The van der Waals surface area contributed by atoms with E-state index in [1.54, 1.807) is 7.11 Å². The second kappa shape index (κ2) is 2.94. The van der Waals surface area contributed by atoms with Crippen molar-refractivity contribution < 1.29 is 4.74 Å². The number of methoxy groups -OCH3 is 1. The minimum absolute atomic E-state index is 0.935. The highest BCUT2D eigenvalue weighted by molar-refractivity contribution is 9.11. The van der Waals surface area contributed by atoms with Gasteiger partial charge in [0.1, 0.15) is 5.75 Å². The summed E-state index contributed by atoms with van der Waals surface area (Å²) in [6.07, 6.45) is 3.14. The van der Waals surface area contributed by atoms with Crippen molar-refractivity contribution in [2.75, 3.05) is 7.11 Å². The summed E-state index contributed by atoms with van der Waals surface area (Å²) in [4.78, 5) is 0. The molecule has 0 radical (unpaired) electrons. The fraction of sp³-hybridized carbons (Fsp3) is 0.200. The molecule has 12 heavy (non-hydrogen) atoms. The Labute approximate surface area is 80.2 Å². The van der Waals surface area contributed by atoms with Gasteiger partial charge in [-0.15, -0.1) is 0 Å². The third kappa shape index (κ3) is 1.27. The molecule has 1 aliphatic carbocycles. The number of hydrogen-bond donors (Lipinski definition) is 0. The number of ether oxygens (including phenoxy) is 1. The van der Waals surface area contributed by atoms with Crippen molar-refractivity contribution in [2.24, 2.45) is 0 Å². The van der Waals surface area contributed by atoms with Crippen LogP contribution in [0.1, 0.15) is 11.1 Å². The van der Waals surface area contributed by atoms with Gasteiger partial charge < -0.3 is 4.74 Å². The maximum atomic E-state index is 5.14. The van der Waals surface area contributed by atoms with E-state index in [1.807, 2.05) is 6.07 Å². The summed E-state index contributed by atoms with van der Waals surface area (Å²) < 4.78 is 6.38. The van der Waals surface area contributed by atoms with Crippen LogP contribution in [0.3, 0.4) is 0 Å². The highest BCUT2D eigenvalue weighted by Gasteiger charge is 2.10. The van der Waals surface area contributed by atoms with Gasteiger partial charge in [0.05, 0.1) is 7.11 Å². The van der Waals surface area contributed by atoms with Crippen LogP contribution in [0.25, 0.3) is 6.08 Å².